The van der Waals surface area contributed by atoms with E-state index in [-0.39, 0.29) is 5.56 Å². The van der Waals surface area contributed by atoms with E-state index in [1.165, 1.54) is 30.1 Å². The number of hydrogen-bond donors (Lipinski definition) is 1. The summed E-state index contributed by atoms with van der Waals surface area (Å²) >= 11 is 6.05. The van der Waals surface area contributed by atoms with Crippen LogP contribution in [0.4, 0.5) is 5.69 Å². The number of halogens is 1. The van der Waals surface area contributed by atoms with Crippen molar-refractivity contribution in [1.29, 1.82) is 0 Å². The van der Waals surface area contributed by atoms with E-state index in [4.69, 9.17) is 21.1 Å². The van der Waals surface area contributed by atoms with Crippen LogP contribution in [0.15, 0.2) is 11.0 Å². The molecule has 118 valence electrons. The lowest BCUT2D eigenvalue weighted by Gasteiger charge is -2.25. The Labute approximate surface area is 129 Å². The highest BCUT2D eigenvalue weighted by molar-refractivity contribution is 6.32. The predicted molar refractivity (Wildman–Crippen MR) is 82.0 cm³/mol. The summed E-state index contributed by atoms with van der Waals surface area (Å²) in [6, 6.07) is 0. The van der Waals surface area contributed by atoms with Crippen molar-refractivity contribution >= 4 is 17.3 Å². The number of anilines is 1. The summed E-state index contributed by atoms with van der Waals surface area (Å²) in [4.78, 5) is 12.3. The molecule has 0 unspecified atom stereocenters. The largest absolute Gasteiger partial charge is 0.382 e. The Kier molecular flexibility index (Phi) is 6.48. The molecular formula is C14H22ClN3O3. The number of rotatable bonds is 9. The first kappa shape index (κ1) is 16.3. The van der Waals surface area contributed by atoms with Gasteiger partial charge in [-0.05, 0) is 18.8 Å². The lowest BCUT2D eigenvalue weighted by Crippen LogP contribution is -2.31. The van der Waals surface area contributed by atoms with E-state index in [1.54, 1.807) is 7.11 Å². The van der Waals surface area contributed by atoms with Gasteiger partial charge < -0.3 is 14.8 Å². The topological polar surface area (TPSA) is 65.4 Å². The van der Waals surface area contributed by atoms with Gasteiger partial charge in [-0.3, -0.25) is 4.79 Å². The molecule has 1 aliphatic carbocycles. The lowest BCUT2D eigenvalue weighted by atomic mass is 9.85. The number of hydrogen-bond acceptors (Lipinski definition) is 5. The molecule has 0 aliphatic heterocycles. The summed E-state index contributed by atoms with van der Waals surface area (Å²) in [6.07, 6.45) is 5.12. The van der Waals surface area contributed by atoms with Crippen LogP contribution in [-0.2, 0) is 16.0 Å². The van der Waals surface area contributed by atoms with E-state index in [1.807, 2.05) is 0 Å². The smallest absolute Gasteiger partial charge is 0.291 e. The standard InChI is InChI=1S/C14H22ClN3O3/c1-20-7-8-21-6-5-16-13-12(15)9-17-18(14(13)19)10-11-3-2-4-11/h9,11,16H,2-8,10H2,1H3. The zero-order valence-corrected chi connectivity index (χ0v) is 13.1. The third kappa shape index (κ3) is 4.69. The summed E-state index contributed by atoms with van der Waals surface area (Å²) in [5, 5.41) is 7.50. The van der Waals surface area contributed by atoms with Crippen molar-refractivity contribution < 1.29 is 9.47 Å². The molecule has 1 fully saturated rings. The van der Waals surface area contributed by atoms with E-state index in [0.717, 1.165) is 0 Å². The van der Waals surface area contributed by atoms with Crippen molar-refractivity contribution in [3.05, 3.63) is 21.6 Å². The normalized spacial score (nSPS) is 15.0. The van der Waals surface area contributed by atoms with Crippen molar-refractivity contribution in [3.63, 3.8) is 0 Å². The quantitative estimate of drug-likeness (QED) is 0.704. The Morgan fingerprint density at radius 1 is 1.43 bits per heavy atom. The molecule has 0 saturated heterocycles. The van der Waals surface area contributed by atoms with E-state index in [2.05, 4.69) is 10.4 Å². The highest BCUT2D eigenvalue weighted by Gasteiger charge is 2.20. The highest BCUT2D eigenvalue weighted by atomic mass is 35.5. The van der Waals surface area contributed by atoms with Crippen LogP contribution in [-0.4, -0.2) is 43.3 Å². The fourth-order valence-corrected chi connectivity index (χ4v) is 2.36. The maximum atomic E-state index is 12.3. The monoisotopic (exact) mass is 315 g/mol. The number of ether oxygens (including phenoxy) is 2. The third-order valence-corrected chi connectivity index (χ3v) is 3.92. The van der Waals surface area contributed by atoms with Crippen LogP contribution >= 0.6 is 11.6 Å². The Hall–Kier alpha value is -1.11. The van der Waals surface area contributed by atoms with Crippen molar-refractivity contribution in [1.82, 2.24) is 9.78 Å². The zero-order chi connectivity index (χ0) is 15.1. The average molecular weight is 316 g/mol. The maximum absolute atomic E-state index is 12.3. The Bertz CT molecular complexity index is 503. The molecule has 0 aromatic carbocycles. The minimum absolute atomic E-state index is 0.161. The van der Waals surface area contributed by atoms with Gasteiger partial charge in [0.05, 0.1) is 31.0 Å². The number of aromatic nitrogens is 2. The molecule has 0 spiro atoms. The van der Waals surface area contributed by atoms with Gasteiger partial charge in [0, 0.05) is 20.2 Å². The molecule has 1 N–H and O–H groups in total. The van der Waals surface area contributed by atoms with Gasteiger partial charge in [0.1, 0.15) is 5.69 Å². The fourth-order valence-electron chi connectivity index (χ4n) is 2.17. The molecule has 1 aliphatic rings. The second-order valence-corrected chi connectivity index (χ2v) is 5.59. The second kappa shape index (κ2) is 8.36. The minimum Gasteiger partial charge on any atom is -0.382 e. The maximum Gasteiger partial charge on any atom is 0.291 e. The van der Waals surface area contributed by atoms with E-state index < -0.39 is 0 Å². The molecule has 0 atom stereocenters. The van der Waals surface area contributed by atoms with Gasteiger partial charge in [-0.1, -0.05) is 18.0 Å². The van der Waals surface area contributed by atoms with Crippen LogP contribution in [0.5, 0.6) is 0 Å². The second-order valence-electron chi connectivity index (χ2n) is 5.18. The number of nitrogens with one attached hydrogen (secondary N) is 1. The SMILES string of the molecule is COCCOCCNc1c(Cl)cnn(CC2CCC2)c1=O. The van der Waals surface area contributed by atoms with Crippen LogP contribution in [0, 0.1) is 5.92 Å². The van der Waals surface area contributed by atoms with Gasteiger partial charge in [-0.25, -0.2) is 4.68 Å². The van der Waals surface area contributed by atoms with Crippen LogP contribution in [0.25, 0.3) is 0 Å². The van der Waals surface area contributed by atoms with E-state index >= 15 is 0 Å². The molecule has 7 heteroatoms. The average Bonchev–Trinajstić information content (AvgIpc) is 2.43. The molecule has 1 aromatic heterocycles. The molecule has 21 heavy (non-hydrogen) atoms. The fraction of sp³-hybridized carbons (Fsp3) is 0.714. The molecule has 6 nitrogen and oxygen atoms in total. The van der Waals surface area contributed by atoms with Crippen LogP contribution in [0.1, 0.15) is 19.3 Å². The molecule has 0 amide bonds. The van der Waals surface area contributed by atoms with Gasteiger partial charge in [0.15, 0.2) is 0 Å². The first-order valence-corrected chi connectivity index (χ1v) is 7.66. The van der Waals surface area contributed by atoms with Gasteiger partial charge in [0.2, 0.25) is 0 Å². The molecule has 1 saturated carbocycles. The first-order valence-electron chi connectivity index (χ1n) is 7.28. The Morgan fingerprint density at radius 3 is 2.90 bits per heavy atom. The van der Waals surface area contributed by atoms with Gasteiger partial charge in [-0.2, -0.15) is 5.10 Å². The minimum atomic E-state index is -0.161. The van der Waals surface area contributed by atoms with E-state index in [9.17, 15) is 4.79 Å². The van der Waals surface area contributed by atoms with E-state index in [0.29, 0.717) is 49.5 Å². The summed E-state index contributed by atoms with van der Waals surface area (Å²) in [7, 11) is 1.63. The lowest BCUT2D eigenvalue weighted by molar-refractivity contribution is 0.0759. The van der Waals surface area contributed by atoms with Gasteiger partial charge in [0.25, 0.3) is 5.56 Å². The summed E-state index contributed by atoms with van der Waals surface area (Å²) in [6.45, 7) is 2.78. The zero-order valence-electron chi connectivity index (χ0n) is 12.3. The van der Waals surface area contributed by atoms with Crippen LogP contribution < -0.4 is 10.9 Å². The van der Waals surface area contributed by atoms with Crippen molar-refractivity contribution in [2.75, 3.05) is 38.8 Å². The summed E-state index contributed by atoms with van der Waals surface area (Å²) in [5.41, 5.74) is 0.243. The summed E-state index contributed by atoms with van der Waals surface area (Å²) < 4.78 is 11.7. The number of nitrogens with zero attached hydrogens (tertiary/aromatic N) is 2. The summed E-state index contributed by atoms with van der Waals surface area (Å²) in [5.74, 6) is 0.571. The number of methoxy groups -OCH3 is 1. The molecule has 2 rings (SSSR count). The molecule has 0 radical (unpaired) electrons. The molecule has 0 bridgehead atoms. The highest BCUT2D eigenvalue weighted by Crippen LogP contribution is 2.27. The van der Waals surface area contributed by atoms with Crippen molar-refractivity contribution in [2.24, 2.45) is 5.92 Å². The van der Waals surface area contributed by atoms with Gasteiger partial charge in [-0.15, -0.1) is 0 Å². The molecular weight excluding hydrogens is 294 g/mol. The molecule has 1 heterocycles. The Morgan fingerprint density at radius 2 is 2.24 bits per heavy atom. The van der Waals surface area contributed by atoms with Crippen LogP contribution in [0.2, 0.25) is 5.02 Å². The first-order chi connectivity index (χ1) is 10.2. The van der Waals surface area contributed by atoms with Crippen molar-refractivity contribution in [3.8, 4) is 0 Å². The molecule has 1 aromatic rings. The third-order valence-electron chi connectivity index (χ3n) is 3.63. The predicted octanol–water partition coefficient (Wildman–Crippen LogP) is 1.77. The van der Waals surface area contributed by atoms with Crippen LogP contribution in [0.3, 0.4) is 0 Å². The van der Waals surface area contributed by atoms with Crippen molar-refractivity contribution in [2.45, 2.75) is 25.8 Å². The Balaban J connectivity index is 1.88. The van der Waals surface area contributed by atoms with Gasteiger partial charge >= 0.3 is 0 Å².